The van der Waals surface area contributed by atoms with Crippen molar-refractivity contribution in [2.24, 2.45) is 0 Å². The van der Waals surface area contributed by atoms with Gasteiger partial charge in [0, 0.05) is 39.0 Å². The van der Waals surface area contributed by atoms with E-state index in [-0.39, 0.29) is 0 Å². The highest BCUT2D eigenvalue weighted by Gasteiger charge is 1.95. The van der Waals surface area contributed by atoms with Crippen molar-refractivity contribution in [3.63, 3.8) is 0 Å². The second-order valence-electron chi connectivity index (χ2n) is 3.75. The second kappa shape index (κ2) is 9.78. The molecule has 1 rings (SSSR count). The third-order valence-corrected chi connectivity index (χ3v) is 2.57. The fraction of sp³-hybridized carbons (Fsp3) is 0.727. The zero-order valence-electron chi connectivity index (χ0n) is 10.8. The molecule has 0 aliphatic carbocycles. The molecule has 0 saturated carbocycles. The van der Waals surface area contributed by atoms with Crippen LogP contribution in [0.25, 0.3) is 0 Å². The lowest BCUT2D eigenvalue weighted by atomic mass is 10.4. The SMILES string of the molecule is CCOCCCNC(=S)NCCCn1ccnn1. The van der Waals surface area contributed by atoms with Gasteiger partial charge < -0.3 is 15.4 Å². The third kappa shape index (κ3) is 7.18. The molecule has 0 fully saturated rings. The van der Waals surface area contributed by atoms with Crippen LogP contribution in [0.1, 0.15) is 19.8 Å². The van der Waals surface area contributed by atoms with Gasteiger partial charge in [0.25, 0.3) is 0 Å². The topological polar surface area (TPSA) is 64.0 Å². The van der Waals surface area contributed by atoms with E-state index in [4.69, 9.17) is 17.0 Å². The van der Waals surface area contributed by atoms with Crippen molar-refractivity contribution in [3.05, 3.63) is 12.4 Å². The van der Waals surface area contributed by atoms with E-state index in [9.17, 15) is 0 Å². The van der Waals surface area contributed by atoms with Gasteiger partial charge in [-0.3, -0.25) is 4.68 Å². The maximum absolute atomic E-state index is 5.24. The first-order chi connectivity index (χ1) is 8.83. The van der Waals surface area contributed by atoms with Crippen LogP contribution in [0.3, 0.4) is 0 Å². The van der Waals surface area contributed by atoms with Crippen molar-refractivity contribution >= 4 is 17.3 Å². The van der Waals surface area contributed by atoms with Crippen LogP contribution < -0.4 is 10.6 Å². The molecule has 0 aliphatic heterocycles. The fourth-order valence-electron chi connectivity index (χ4n) is 1.38. The van der Waals surface area contributed by atoms with Crippen LogP contribution in [0.5, 0.6) is 0 Å². The number of rotatable bonds is 9. The summed E-state index contributed by atoms with van der Waals surface area (Å²) in [6.07, 6.45) is 5.46. The summed E-state index contributed by atoms with van der Waals surface area (Å²) in [5.41, 5.74) is 0. The van der Waals surface area contributed by atoms with Gasteiger partial charge in [-0.25, -0.2) is 0 Å². The van der Waals surface area contributed by atoms with E-state index in [1.807, 2.05) is 13.1 Å². The zero-order valence-corrected chi connectivity index (χ0v) is 11.6. The Morgan fingerprint density at radius 3 is 2.78 bits per heavy atom. The Balaban J connectivity index is 1.90. The molecule has 0 saturated heterocycles. The van der Waals surface area contributed by atoms with E-state index < -0.39 is 0 Å². The van der Waals surface area contributed by atoms with Gasteiger partial charge in [-0.15, -0.1) is 5.10 Å². The number of nitrogens with one attached hydrogen (secondary N) is 2. The molecule has 0 bridgehead atoms. The summed E-state index contributed by atoms with van der Waals surface area (Å²) >= 11 is 5.15. The number of nitrogens with zero attached hydrogens (tertiary/aromatic N) is 3. The van der Waals surface area contributed by atoms with Crippen LogP contribution in [0.2, 0.25) is 0 Å². The Labute approximate surface area is 113 Å². The molecule has 7 heteroatoms. The van der Waals surface area contributed by atoms with Gasteiger partial charge in [-0.1, -0.05) is 5.21 Å². The molecular formula is C11H21N5OS. The van der Waals surface area contributed by atoms with Crippen molar-refractivity contribution in [1.82, 2.24) is 25.6 Å². The van der Waals surface area contributed by atoms with Crippen molar-refractivity contribution in [1.29, 1.82) is 0 Å². The van der Waals surface area contributed by atoms with Gasteiger partial charge in [0.05, 0.1) is 6.20 Å². The van der Waals surface area contributed by atoms with Gasteiger partial charge in [-0.05, 0) is 32.0 Å². The smallest absolute Gasteiger partial charge is 0.166 e. The van der Waals surface area contributed by atoms with Crippen LogP contribution in [-0.2, 0) is 11.3 Å². The molecule has 0 amide bonds. The maximum atomic E-state index is 5.24. The number of hydrogen-bond acceptors (Lipinski definition) is 4. The number of aromatic nitrogens is 3. The van der Waals surface area contributed by atoms with Crippen molar-refractivity contribution in [2.75, 3.05) is 26.3 Å². The molecule has 0 spiro atoms. The first kappa shape index (κ1) is 14.8. The third-order valence-electron chi connectivity index (χ3n) is 2.28. The standard InChI is InChI=1S/C11H21N5OS/c1-2-17-10-4-6-13-11(18)12-5-3-8-16-9-7-14-15-16/h7,9H,2-6,8,10H2,1H3,(H2,12,13,18). The van der Waals surface area contributed by atoms with Crippen LogP contribution in [0.4, 0.5) is 0 Å². The fourth-order valence-corrected chi connectivity index (χ4v) is 1.58. The van der Waals surface area contributed by atoms with E-state index in [2.05, 4.69) is 20.9 Å². The Bertz CT molecular complexity index is 317. The lowest BCUT2D eigenvalue weighted by Gasteiger charge is -2.10. The molecule has 2 N–H and O–H groups in total. The second-order valence-corrected chi connectivity index (χ2v) is 4.16. The summed E-state index contributed by atoms with van der Waals surface area (Å²) in [5.74, 6) is 0. The highest BCUT2D eigenvalue weighted by Crippen LogP contribution is 1.86. The quantitative estimate of drug-likeness (QED) is 0.505. The van der Waals surface area contributed by atoms with Crippen LogP contribution in [0, 0.1) is 0 Å². The van der Waals surface area contributed by atoms with Crippen molar-refractivity contribution in [2.45, 2.75) is 26.3 Å². The van der Waals surface area contributed by atoms with Gasteiger partial charge in [-0.2, -0.15) is 0 Å². The molecule has 0 unspecified atom stereocenters. The number of aryl methyl sites for hydroxylation is 1. The molecule has 18 heavy (non-hydrogen) atoms. The van der Waals surface area contributed by atoms with Crippen LogP contribution >= 0.6 is 12.2 Å². The lowest BCUT2D eigenvalue weighted by Crippen LogP contribution is -2.36. The molecule has 0 atom stereocenters. The van der Waals surface area contributed by atoms with E-state index >= 15 is 0 Å². The summed E-state index contributed by atoms with van der Waals surface area (Å²) in [5, 5.41) is 14.6. The minimum absolute atomic E-state index is 0.699. The zero-order chi connectivity index (χ0) is 13.1. The van der Waals surface area contributed by atoms with E-state index in [0.717, 1.165) is 45.7 Å². The largest absolute Gasteiger partial charge is 0.382 e. The van der Waals surface area contributed by atoms with Crippen molar-refractivity contribution in [3.8, 4) is 0 Å². The van der Waals surface area contributed by atoms with E-state index in [0.29, 0.717) is 5.11 Å². The average molecular weight is 271 g/mol. The molecule has 1 heterocycles. The number of ether oxygens (including phenoxy) is 1. The Hall–Kier alpha value is -1.21. The summed E-state index contributed by atoms with van der Waals surface area (Å²) in [6.45, 7) is 6.06. The highest BCUT2D eigenvalue weighted by atomic mass is 32.1. The van der Waals surface area contributed by atoms with E-state index in [1.54, 1.807) is 10.9 Å². The molecule has 0 radical (unpaired) electrons. The van der Waals surface area contributed by atoms with Gasteiger partial charge in [0.1, 0.15) is 0 Å². The van der Waals surface area contributed by atoms with Crippen LogP contribution in [0.15, 0.2) is 12.4 Å². The Kier molecular flexibility index (Phi) is 8.07. The predicted molar refractivity (Wildman–Crippen MR) is 74.4 cm³/mol. The van der Waals surface area contributed by atoms with Crippen molar-refractivity contribution < 1.29 is 4.74 Å². The van der Waals surface area contributed by atoms with Gasteiger partial charge >= 0.3 is 0 Å². The molecular weight excluding hydrogens is 250 g/mol. The van der Waals surface area contributed by atoms with Gasteiger partial charge in [0.15, 0.2) is 5.11 Å². The molecule has 1 aromatic heterocycles. The minimum atomic E-state index is 0.699. The van der Waals surface area contributed by atoms with E-state index in [1.165, 1.54) is 0 Å². The molecule has 0 aliphatic rings. The summed E-state index contributed by atoms with van der Waals surface area (Å²) < 4.78 is 7.04. The predicted octanol–water partition coefficient (Wildman–Crippen LogP) is 0.559. The minimum Gasteiger partial charge on any atom is -0.382 e. The molecule has 102 valence electrons. The average Bonchev–Trinajstić information content (AvgIpc) is 2.87. The number of thiocarbonyl (C=S) groups is 1. The Morgan fingerprint density at radius 2 is 2.11 bits per heavy atom. The first-order valence-corrected chi connectivity index (χ1v) is 6.67. The summed E-state index contributed by atoms with van der Waals surface area (Å²) in [7, 11) is 0. The normalized spacial score (nSPS) is 10.3. The summed E-state index contributed by atoms with van der Waals surface area (Å²) in [4.78, 5) is 0. The lowest BCUT2D eigenvalue weighted by molar-refractivity contribution is 0.145. The van der Waals surface area contributed by atoms with Gasteiger partial charge in [0.2, 0.25) is 0 Å². The molecule has 1 aromatic rings. The first-order valence-electron chi connectivity index (χ1n) is 6.26. The maximum Gasteiger partial charge on any atom is 0.166 e. The number of hydrogen-bond donors (Lipinski definition) is 2. The summed E-state index contributed by atoms with van der Waals surface area (Å²) in [6, 6.07) is 0. The highest BCUT2D eigenvalue weighted by molar-refractivity contribution is 7.80. The molecule has 6 nitrogen and oxygen atoms in total. The Morgan fingerprint density at radius 1 is 1.33 bits per heavy atom. The van der Waals surface area contributed by atoms with Crippen LogP contribution in [-0.4, -0.2) is 46.4 Å². The monoisotopic (exact) mass is 271 g/mol. The molecule has 0 aromatic carbocycles.